The SMILES string of the molecule is CCS(=O)(=O)c1cc([N+](=O)[O-])cn(C)c1=O. The van der Waals surface area contributed by atoms with E-state index in [9.17, 15) is 23.3 Å². The number of aromatic nitrogens is 1. The molecule has 0 unspecified atom stereocenters. The van der Waals surface area contributed by atoms with Crippen LogP contribution < -0.4 is 5.56 Å². The second kappa shape index (κ2) is 4.05. The van der Waals surface area contributed by atoms with Crippen LogP contribution in [0.25, 0.3) is 0 Å². The molecule has 0 aliphatic heterocycles. The van der Waals surface area contributed by atoms with Crippen molar-refractivity contribution in [1.82, 2.24) is 4.57 Å². The third kappa shape index (κ3) is 2.11. The Labute approximate surface area is 91.4 Å². The van der Waals surface area contributed by atoms with E-state index in [1.165, 1.54) is 14.0 Å². The summed E-state index contributed by atoms with van der Waals surface area (Å²) >= 11 is 0. The van der Waals surface area contributed by atoms with Crippen molar-refractivity contribution in [2.24, 2.45) is 7.05 Å². The van der Waals surface area contributed by atoms with Gasteiger partial charge >= 0.3 is 0 Å². The zero-order valence-corrected chi connectivity index (χ0v) is 9.52. The van der Waals surface area contributed by atoms with Gasteiger partial charge in [-0.15, -0.1) is 0 Å². The molecule has 0 radical (unpaired) electrons. The molecule has 0 aromatic carbocycles. The monoisotopic (exact) mass is 246 g/mol. The van der Waals surface area contributed by atoms with Crippen molar-refractivity contribution in [1.29, 1.82) is 0 Å². The first-order valence-electron chi connectivity index (χ1n) is 4.37. The lowest BCUT2D eigenvalue weighted by molar-refractivity contribution is -0.385. The van der Waals surface area contributed by atoms with E-state index < -0.39 is 30.9 Å². The minimum atomic E-state index is -3.75. The van der Waals surface area contributed by atoms with Crippen LogP contribution in [0, 0.1) is 10.1 Å². The van der Waals surface area contributed by atoms with E-state index in [0.717, 1.165) is 16.8 Å². The van der Waals surface area contributed by atoms with Crippen LogP contribution in [0.1, 0.15) is 6.92 Å². The maximum Gasteiger partial charge on any atom is 0.287 e. The molecule has 0 N–H and O–H groups in total. The number of nitro groups is 1. The maximum absolute atomic E-state index is 11.5. The Bertz CT molecular complexity index is 587. The summed E-state index contributed by atoms with van der Waals surface area (Å²) in [6.07, 6.45) is 0.983. The summed E-state index contributed by atoms with van der Waals surface area (Å²) in [7, 11) is -2.48. The van der Waals surface area contributed by atoms with E-state index in [1.807, 2.05) is 0 Å². The van der Waals surface area contributed by atoms with E-state index in [1.54, 1.807) is 0 Å². The molecular weight excluding hydrogens is 236 g/mol. The first-order valence-corrected chi connectivity index (χ1v) is 6.02. The van der Waals surface area contributed by atoms with Gasteiger partial charge in [-0.25, -0.2) is 8.42 Å². The molecule has 8 heteroatoms. The summed E-state index contributed by atoms with van der Waals surface area (Å²) < 4.78 is 23.9. The fourth-order valence-electron chi connectivity index (χ4n) is 1.14. The predicted molar refractivity (Wildman–Crippen MR) is 56.1 cm³/mol. The van der Waals surface area contributed by atoms with Crippen LogP contribution in [0.2, 0.25) is 0 Å². The second-order valence-electron chi connectivity index (χ2n) is 3.14. The Morgan fingerprint density at radius 2 is 2.06 bits per heavy atom. The molecule has 0 bridgehead atoms. The van der Waals surface area contributed by atoms with Crippen LogP contribution in [-0.4, -0.2) is 23.7 Å². The molecule has 16 heavy (non-hydrogen) atoms. The maximum atomic E-state index is 11.5. The van der Waals surface area contributed by atoms with Gasteiger partial charge in [0, 0.05) is 13.1 Å². The summed E-state index contributed by atoms with van der Waals surface area (Å²) in [6.45, 7) is 1.37. The van der Waals surface area contributed by atoms with Crippen molar-refractivity contribution < 1.29 is 13.3 Å². The lowest BCUT2D eigenvalue weighted by Gasteiger charge is -2.03. The highest BCUT2D eigenvalue weighted by Crippen LogP contribution is 2.14. The number of sulfone groups is 1. The zero-order chi connectivity index (χ0) is 12.5. The topological polar surface area (TPSA) is 99.3 Å². The number of hydrogen-bond acceptors (Lipinski definition) is 5. The number of hydrogen-bond donors (Lipinski definition) is 0. The first kappa shape index (κ1) is 12.4. The summed E-state index contributed by atoms with van der Waals surface area (Å²) in [4.78, 5) is 20.8. The van der Waals surface area contributed by atoms with Gasteiger partial charge in [0.05, 0.1) is 16.9 Å². The van der Waals surface area contributed by atoms with Crippen molar-refractivity contribution in [3.63, 3.8) is 0 Å². The van der Waals surface area contributed by atoms with Gasteiger partial charge < -0.3 is 4.57 Å². The van der Waals surface area contributed by atoms with Crippen molar-refractivity contribution in [2.75, 3.05) is 5.75 Å². The molecular formula is C8H10N2O5S. The van der Waals surface area contributed by atoms with Crippen LogP contribution >= 0.6 is 0 Å². The smallest absolute Gasteiger partial charge is 0.287 e. The highest BCUT2D eigenvalue weighted by atomic mass is 32.2. The van der Waals surface area contributed by atoms with Gasteiger partial charge in [0.1, 0.15) is 4.90 Å². The molecule has 1 rings (SSSR count). The third-order valence-electron chi connectivity index (χ3n) is 2.06. The average Bonchev–Trinajstić information content (AvgIpc) is 2.21. The summed E-state index contributed by atoms with van der Waals surface area (Å²) in [5.74, 6) is -0.274. The average molecular weight is 246 g/mol. The van der Waals surface area contributed by atoms with Crippen LogP contribution in [-0.2, 0) is 16.9 Å². The Hall–Kier alpha value is -1.70. The second-order valence-corrected chi connectivity index (χ2v) is 5.39. The van der Waals surface area contributed by atoms with E-state index >= 15 is 0 Å². The normalized spacial score (nSPS) is 11.4. The number of pyridine rings is 1. The van der Waals surface area contributed by atoms with Gasteiger partial charge in [0.2, 0.25) is 0 Å². The van der Waals surface area contributed by atoms with Crippen LogP contribution in [0.4, 0.5) is 5.69 Å². The highest BCUT2D eigenvalue weighted by molar-refractivity contribution is 7.91. The summed E-state index contributed by atoms with van der Waals surface area (Å²) in [6, 6.07) is 0.793. The molecule has 7 nitrogen and oxygen atoms in total. The predicted octanol–water partition coefficient (Wildman–Crippen LogP) is 0.0871. The van der Waals surface area contributed by atoms with Gasteiger partial charge in [-0.3, -0.25) is 14.9 Å². The minimum Gasteiger partial charge on any atom is -0.311 e. The van der Waals surface area contributed by atoms with Gasteiger partial charge in [-0.2, -0.15) is 0 Å². The molecule has 0 amide bonds. The number of nitrogens with zero attached hydrogens (tertiary/aromatic N) is 2. The number of rotatable bonds is 3. The van der Waals surface area contributed by atoms with Gasteiger partial charge in [0.25, 0.3) is 11.2 Å². The standard InChI is InChI=1S/C8H10N2O5S/c1-3-16(14,15)7-4-6(10(12)13)5-9(2)8(7)11/h4-5H,3H2,1-2H3. The Kier molecular flexibility index (Phi) is 3.13. The molecule has 1 aromatic heterocycles. The lowest BCUT2D eigenvalue weighted by atomic mass is 10.4. The largest absolute Gasteiger partial charge is 0.311 e. The van der Waals surface area contributed by atoms with Crippen molar-refractivity contribution in [2.45, 2.75) is 11.8 Å². The van der Waals surface area contributed by atoms with Crippen LogP contribution in [0.3, 0.4) is 0 Å². The number of aryl methyl sites for hydroxylation is 1. The minimum absolute atomic E-state index is 0.274. The van der Waals surface area contributed by atoms with Crippen LogP contribution in [0.5, 0.6) is 0 Å². The fourth-order valence-corrected chi connectivity index (χ4v) is 2.16. The molecule has 1 heterocycles. The Balaban J connectivity index is 3.64. The van der Waals surface area contributed by atoms with E-state index in [4.69, 9.17) is 0 Å². The van der Waals surface area contributed by atoms with E-state index in [-0.39, 0.29) is 5.75 Å². The molecule has 0 spiro atoms. The molecule has 0 atom stereocenters. The fraction of sp³-hybridized carbons (Fsp3) is 0.375. The molecule has 88 valence electrons. The van der Waals surface area contributed by atoms with Gasteiger partial charge in [-0.05, 0) is 0 Å². The Morgan fingerprint density at radius 1 is 1.50 bits per heavy atom. The van der Waals surface area contributed by atoms with Crippen molar-refractivity contribution in [3.05, 3.63) is 32.7 Å². The molecule has 0 aliphatic carbocycles. The van der Waals surface area contributed by atoms with Gasteiger partial charge in [-0.1, -0.05) is 6.92 Å². The highest BCUT2D eigenvalue weighted by Gasteiger charge is 2.21. The molecule has 1 aromatic rings. The van der Waals surface area contributed by atoms with Crippen molar-refractivity contribution in [3.8, 4) is 0 Å². The quantitative estimate of drug-likeness (QED) is 0.555. The zero-order valence-electron chi connectivity index (χ0n) is 8.71. The summed E-state index contributed by atoms with van der Waals surface area (Å²) in [5, 5.41) is 10.5. The summed E-state index contributed by atoms with van der Waals surface area (Å²) in [5.41, 5.74) is -1.18. The third-order valence-corrected chi connectivity index (χ3v) is 3.78. The van der Waals surface area contributed by atoms with E-state index in [2.05, 4.69) is 0 Å². The Morgan fingerprint density at radius 3 is 2.50 bits per heavy atom. The molecule has 0 fully saturated rings. The van der Waals surface area contributed by atoms with Crippen molar-refractivity contribution >= 4 is 15.5 Å². The van der Waals surface area contributed by atoms with Crippen LogP contribution in [0.15, 0.2) is 22.0 Å². The molecule has 0 saturated carbocycles. The lowest BCUT2D eigenvalue weighted by Crippen LogP contribution is -2.24. The molecule has 0 saturated heterocycles. The molecule has 0 aliphatic rings. The van der Waals surface area contributed by atoms with Gasteiger partial charge in [0.15, 0.2) is 9.84 Å². The van der Waals surface area contributed by atoms with E-state index in [0.29, 0.717) is 0 Å². The first-order chi connectivity index (χ1) is 7.29.